The van der Waals surface area contributed by atoms with Crippen molar-refractivity contribution in [3.8, 4) is 11.4 Å². The Morgan fingerprint density at radius 2 is 1.93 bits per heavy atom. The van der Waals surface area contributed by atoms with Crippen LogP contribution in [0.5, 0.6) is 5.75 Å². The van der Waals surface area contributed by atoms with Crippen molar-refractivity contribution in [2.24, 2.45) is 0 Å². The summed E-state index contributed by atoms with van der Waals surface area (Å²) in [7, 11) is 0. The highest BCUT2D eigenvalue weighted by molar-refractivity contribution is 7.09. The maximum Gasteiger partial charge on any atom is 0.230 e. The van der Waals surface area contributed by atoms with Gasteiger partial charge in [-0.05, 0) is 54.6 Å². The summed E-state index contributed by atoms with van der Waals surface area (Å²) in [5.41, 5.74) is 1.49. The fraction of sp³-hybridized carbons (Fsp3) is 0.0909. The van der Waals surface area contributed by atoms with Crippen molar-refractivity contribution >= 4 is 34.5 Å². The van der Waals surface area contributed by atoms with Gasteiger partial charge < -0.3 is 14.6 Å². The monoisotopic (exact) mass is 441 g/mol. The molecule has 8 heteroatoms. The number of benzene rings is 2. The lowest BCUT2D eigenvalue weighted by Gasteiger charge is -2.09. The van der Waals surface area contributed by atoms with Gasteiger partial charge in [-0.3, -0.25) is 4.79 Å². The number of amides is 1. The average molecular weight is 442 g/mol. The molecule has 5 nitrogen and oxygen atoms in total. The number of anilines is 1. The number of thiazole rings is 1. The third kappa shape index (κ3) is 5.06. The van der Waals surface area contributed by atoms with Crippen LogP contribution in [0.1, 0.15) is 10.7 Å². The summed E-state index contributed by atoms with van der Waals surface area (Å²) >= 11 is 7.26. The van der Waals surface area contributed by atoms with Crippen molar-refractivity contribution in [2.45, 2.75) is 13.0 Å². The van der Waals surface area contributed by atoms with Gasteiger partial charge in [-0.15, -0.1) is 11.3 Å². The first-order valence-corrected chi connectivity index (χ1v) is 10.4. The maximum atomic E-state index is 14.1. The predicted molar refractivity (Wildman–Crippen MR) is 116 cm³/mol. The van der Waals surface area contributed by atoms with Gasteiger partial charge in [0.1, 0.15) is 23.2 Å². The van der Waals surface area contributed by atoms with Crippen LogP contribution in [0.3, 0.4) is 0 Å². The molecule has 30 heavy (non-hydrogen) atoms. The minimum Gasteiger partial charge on any atom is -0.486 e. The van der Waals surface area contributed by atoms with E-state index < -0.39 is 5.82 Å². The summed E-state index contributed by atoms with van der Waals surface area (Å²) in [4.78, 5) is 16.8. The number of nitrogens with one attached hydrogen (secondary N) is 1. The Morgan fingerprint density at radius 3 is 2.70 bits per heavy atom. The average Bonchev–Trinajstić information content (AvgIpc) is 3.41. The van der Waals surface area contributed by atoms with E-state index in [1.165, 1.54) is 17.4 Å². The molecule has 2 aromatic carbocycles. The lowest BCUT2D eigenvalue weighted by atomic mass is 10.2. The molecule has 0 aliphatic carbocycles. The first-order valence-electron chi connectivity index (χ1n) is 9.11. The van der Waals surface area contributed by atoms with E-state index in [9.17, 15) is 9.18 Å². The van der Waals surface area contributed by atoms with Gasteiger partial charge in [0.15, 0.2) is 0 Å². The molecule has 0 aliphatic heterocycles. The van der Waals surface area contributed by atoms with Gasteiger partial charge in [-0.25, -0.2) is 9.37 Å². The second-order valence-corrected chi connectivity index (χ2v) is 7.83. The first-order chi connectivity index (χ1) is 14.6. The molecule has 0 fully saturated rings. The number of hydrogen-bond donors (Lipinski definition) is 1. The Hall–Kier alpha value is -3.16. The van der Waals surface area contributed by atoms with Crippen molar-refractivity contribution < 1.29 is 13.9 Å². The number of carbonyl (C=O) groups excluding carboxylic acids is 1. The Balaban J connectivity index is 1.35. The van der Waals surface area contributed by atoms with Crippen LogP contribution in [0.4, 0.5) is 10.1 Å². The molecule has 0 aliphatic rings. The van der Waals surface area contributed by atoms with Crippen molar-refractivity contribution in [1.29, 1.82) is 0 Å². The summed E-state index contributed by atoms with van der Waals surface area (Å²) in [5.74, 6) is -0.143. The Kier molecular flexibility index (Phi) is 6.11. The van der Waals surface area contributed by atoms with Gasteiger partial charge in [0.05, 0.1) is 17.8 Å². The van der Waals surface area contributed by atoms with Crippen LogP contribution in [0.2, 0.25) is 5.02 Å². The zero-order valence-electron chi connectivity index (χ0n) is 15.7. The zero-order chi connectivity index (χ0) is 20.9. The van der Waals surface area contributed by atoms with E-state index in [-0.39, 0.29) is 18.0 Å². The summed E-state index contributed by atoms with van der Waals surface area (Å²) < 4.78 is 21.6. The maximum absolute atomic E-state index is 14.1. The molecule has 0 bridgehead atoms. The molecule has 4 aromatic rings. The number of aromatic nitrogens is 2. The normalized spacial score (nSPS) is 10.7. The summed E-state index contributed by atoms with van der Waals surface area (Å²) in [6, 6.07) is 15.4. The van der Waals surface area contributed by atoms with Crippen LogP contribution in [0.25, 0.3) is 5.69 Å². The second-order valence-electron chi connectivity index (χ2n) is 6.45. The van der Waals surface area contributed by atoms with Crippen LogP contribution >= 0.6 is 22.9 Å². The Morgan fingerprint density at radius 1 is 1.17 bits per heavy atom. The quantitative estimate of drug-likeness (QED) is 0.412. The molecule has 0 saturated heterocycles. The minimum absolute atomic E-state index is 0.0463. The molecule has 152 valence electrons. The molecule has 4 rings (SSSR count). The Labute approximate surface area is 181 Å². The number of nitrogens with zero attached hydrogens (tertiary/aromatic N) is 2. The lowest BCUT2D eigenvalue weighted by Crippen LogP contribution is -2.16. The molecule has 1 amide bonds. The van der Waals surface area contributed by atoms with Gasteiger partial charge in [0, 0.05) is 28.5 Å². The third-order valence-electron chi connectivity index (χ3n) is 4.24. The predicted octanol–water partition coefficient (Wildman–Crippen LogP) is 5.49. The molecule has 0 atom stereocenters. The largest absolute Gasteiger partial charge is 0.486 e. The molecule has 0 unspecified atom stereocenters. The zero-order valence-corrected chi connectivity index (χ0v) is 17.3. The van der Waals surface area contributed by atoms with Gasteiger partial charge in [-0.1, -0.05) is 11.6 Å². The van der Waals surface area contributed by atoms with Crippen LogP contribution in [0.15, 0.2) is 72.4 Å². The number of ether oxygens (including phenoxy) is 1. The molecular weight excluding hydrogens is 425 g/mol. The summed E-state index contributed by atoms with van der Waals surface area (Å²) in [6.07, 6.45) is 3.74. The van der Waals surface area contributed by atoms with E-state index in [1.54, 1.807) is 41.8 Å². The van der Waals surface area contributed by atoms with E-state index in [1.807, 2.05) is 29.1 Å². The minimum atomic E-state index is -0.491. The Bertz CT molecular complexity index is 1140. The molecular formula is C22H17ClFN3O2S. The molecule has 1 N–H and O–H groups in total. The highest BCUT2D eigenvalue weighted by atomic mass is 35.5. The standard InChI is InChI=1S/C22H17ClFN3O2S/c23-15-3-6-18(7-4-15)29-13-22-25-16(14-30-22)11-21(28)26-20-12-17(5-8-19(20)24)27-9-1-2-10-27/h1-10,12,14H,11,13H2,(H,26,28). The van der Waals surface area contributed by atoms with Gasteiger partial charge in [0.25, 0.3) is 0 Å². The highest BCUT2D eigenvalue weighted by Crippen LogP contribution is 2.21. The topological polar surface area (TPSA) is 56.1 Å². The summed E-state index contributed by atoms with van der Waals surface area (Å²) in [5, 5.41) is 5.81. The van der Waals surface area contributed by atoms with Crippen molar-refractivity contribution in [1.82, 2.24) is 9.55 Å². The van der Waals surface area contributed by atoms with Crippen molar-refractivity contribution in [2.75, 3.05) is 5.32 Å². The highest BCUT2D eigenvalue weighted by Gasteiger charge is 2.12. The fourth-order valence-corrected chi connectivity index (χ4v) is 3.64. The smallest absolute Gasteiger partial charge is 0.230 e. The van der Waals surface area contributed by atoms with E-state index in [0.29, 0.717) is 23.1 Å². The van der Waals surface area contributed by atoms with Gasteiger partial charge in [0.2, 0.25) is 5.91 Å². The number of rotatable bonds is 7. The first kappa shape index (κ1) is 20.1. The second kappa shape index (κ2) is 9.11. The van der Waals surface area contributed by atoms with Crippen molar-refractivity contribution in [3.63, 3.8) is 0 Å². The van der Waals surface area contributed by atoms with Crippen molar-refractivity contribution in [3.05, 3.63) is 93.9 Å². The number of hydrogen-bond acceptors (Lipinski definition) is 4. The van der Waals surface area contributed by atoms with Gasteiger partial charge >= 0.3 is 0 Å². The molecule has 0 saturated carbocycles. The summed E-state index contributed by atoms with van der Waals surface area (Å²) in [6.45, 7) is 0.293. The van der Waals surface area contributed by atoms with Crippen LogP contribution in [-0.4, -0.2) is 15.5 Å². The lowest BCUT2D eigenvalue weighted by molar-refractivity contribution is -0.115. The molecule has 0 spiro atoms. The van der Waals surface area contributed by atoms with Gasteiger partial charge in [-0.2, -0.15) is 0 Å². The van der Waals surface area contributed by atoms with Crippen LogP contribution < -0.4 is 10.1 Å². The SMILES string of the molecule is O=C(Cc1csc(COc2ccc(Cl)cc2)n1)Nc1cc(-n2cccc2)ccc1F. The number of carbonyl (C=O) groups is 1. The van der Waals surface area contributed by atoms with E-state index >= 15 is 0 Å². The molecule has 2 heterocycles. The fourth-order valence-electron chi connectivity index (χ4n) is 2.81. The van der Waals surface area contributed by atoms with E-state index in [4.69, 9.17) is 16.3 Å². The number of halogens is 2. The van der Waals surface area contributed by atoms with Crippen LogP contribution in [0, 0.1) is 5.82 Å². The molecule has 0 radical (unpaired) electrons. The van der Waals surface area contributed by atoms with E-state index in [0.717, 1.165) is 10.7 Å². The molecule has 2 aromatic heterocycles. The third-order valence-corrected chi connectivity index (χ3v) is 5.37. The van der Waals surface area contributed by atoms with Crippen LogP contribution in [-0.2, 0) is 17.8 Å². The van der Waals surface area contributed by atoms with E-state index in [2.05, 4.69) is 10.3 Å².